The number of halogens is 1. The molecule has 1 amide bonds. The second kappa shape index (κ2) is 8.92. The molecule has 1 aromatic heterocycles. The highest BCUT2D eigenvalue weighted by Gasteiger charge is 2.25. The van der Waals surface area contributed by atoms with Gasteiger partial charge in [0.05, 0.1) is 5.02 Å². The largest absolute Gasteiger partial charge is 0.452 e. The summed E-state index contributed by atoms with van der Waals surface area (Å²) in [6.07, 6.45) is 0. The Labute approximate surface area is 173 Å². The summed E-state index contributed by atoms with van der Waals surface area (Å²) in [7, 11) is 0. The maximum absolute atomic E-state index is 12.6. The van der Waals surface area contributed by atoms with Crippen molar-refractivity contribution in [1.29, 1.82) is 0 Å². The van der Waals surface area contributed by atoms with E-state index in [1.807, 2.05) is 38.1 Å². The van der Waals surface area contributed by atoms with Crippen LogP contribution in [0.2, 0.25) is 5.02 Å². The summed E-state index contributed by atoms with van der Waals surface area (Å²) in [5.74, 6) is -0.604. The molecule has 0 saturated heterocycles. The van der Waals surface area contributed by atoms with Crippen LogP contribution in [0.4, 0.5) is 5.69 Å². The molecule has 0 atom stereocenters. The Morgan fingerprint density at radius 3 is 2.55 bits per heavy atom. The lowest BCUT2D eigenvalue weighted by atomic mass is 10.0. The summed E-state index contributed by atoms with van der Waals surface area (Å²) in [6.45, 7) is 5.24. The topological polar surface area (TPSA) is 81.4 Å². The van der Waals surface area contributed by atoms with Crippen LogP contribution in [-0.2, 0) is 9.53 Å². The molecular weight excluding hydrogens is 392 g/mol. The van der Waals surface area contributed by atoms with E-state index in [-0.39, 0.29) is 22.9 Å². The Bertz CT molecular complexity index is 1040. The van der Waals surface area contributed by atoms with E-state index in [1.54, 1.807) is 31.2 Å². The fraction of sp³-hybridized carbons (Fsp3) is 0.227. The number of benzene rings is 2. The van der Waals surface area contributed by atoms with Gasteiger partial charge in [-0.1, -0.05) is 67.0 Å². The molecule has 3 aromatic rings. The van der Waals surface area contributed by atoms with E-state index in [0.717, 1.165) is 5.56 Å². The van der Waals surface area contributed by atoms with E-state index in [4.69, 9.17) is 20.9 Å². The van der Waals surface area contributed by atoms with Crippen LogP contribution in [0, 0.1) is 6.92 Å². The van der Waals surface area contributed by atoms with Crippen molar-refractivity contribution in [3.05, 3.63) is 70.4 Å². The Kier molecular flexibility index (Phi) is 6.34. The number of amides is 1. The number of hydrogen-bond donors (Lipinski definition) is 1. The zero-order valence-electron chi connectivity index (χ0n) is 16.4. The van der Waals surface area contributed by atoms with Crippen molar-refractivity contribution in [2.24, 2.45) is 0 Å². The normalized spacial score (nSPS) is 10.8. The summed E-state index contributed by atoms with van der Waals surface area (Å²) in [5.41, 5.74) is 2.68. The number of carbonyl (C=O) groups is 2. The number of para-hydroxylation sites is 1. The molecule has 0 fully saturated rings. The van der Waals surface area contributed by atoms with Gasteiger partial charge in [0, 0.05) is 11.3 Å². The van der Waals surface area contributed by atoms with E-state index < -0.39 is 18.5 Å². The Balaban J connectivity index is 1.72. The first-order chi connectivity index (χ1) is 13.9. The molecule has 0 aliphatic carbocycles. The summed E-state index contributed by atoms with van der Waals surface area (Å²) < 4.78 is 10.4. The van der Waals surface area contributed by atoms with Gasteiger partial charge in [0.1, 0.15) is 17.0 Å². The third-order valence-corrected chi connectivity index (χ3v) is 4.72. The van der Waals surface area contributed by atoms with Crippen LogP contribution in [0.25, 0.3) is 11.3 Å². The molecule has 1 N–H and O–H groups in total. The predicted molar refractivity (Wildman–Crippen MR) is 111 cm³/mol. The smallest absolute Gasteiger partial charge is 0.344 e. The number of rotatable bonds is 6. The van der Waals surface area contributed by atoms with Crippen LogP contribution < -0.4 is 5.32 Å². The number of hydrogen-bond acceptors (Lipinski definition) is 5. The van der Waals surface area contributed by atoms with Crippen LogP contribution >= 0.6 is 11.6 Å². The molecule has 0 spiro atoms. The molecule has 3 rings (SSSR count). The van der Waals surface area contributed by atoms with Crippen molar-refractivity contribution in [1.82, 2.24) is 5.16 Å². The van der Waals surface area contributed by atoms with Gasteiger partial charge in [-0.25, -0.2) is 4.79 Å². The van der Waals surface area contributed by atoms with Crippen molar-refractivity contribution in [2.75, 3.05) is 11.9 Å². The first-order valence-corrected chi connectivity index (χ1v) is 9.53. The van der Waals surface area contributed by atoms with Crippen molar-refractivity contribution in [3.8, 4) is 11.3 Å². The number of anilines is 1. The highest BCUT2D eigenvalue weighted by atomic mass is 35.5. The number of aromatic nitrogens is 1. The number of carbonyl (C=O) groups excluding carboxylic acids is 2. The molecule has 1 heterocycles. The minimum absolute atomic E-state index is 0.147. The fourth-order valence-electron chi connectivity index (χ4n) is 2.95. The molecule has 0 aliphatic heterocycles. The number of esters is 1. The molecule has 0 bridgehead atoms. The van der Waals surface area contributed by atoms with Gasteiger partial charge in [-0.15, -0.1) is 0 Å². The highest BCUT2D eigenvalue weighted by molar-refractivity contribution is 6.33. The summed E-state index contributed by atoms with van der Waals surface area (Å²) >= 11 is 6.20. The first kappa shape index (κ1) is 20.6. The van der Waals surface area contributed by atoms with Crippen molar-refractivity contribution in [3.63, 3.8) is 0 Å². The fourth-order valence-corrected chi connectivity index (χ4v) is 3.18. The molecule has 150 valence electrons. The molecule has 7 heteroatoms. The summed E-state index contributed by atoms with van der Waals surface area (Å²) in [6, 6.07) is 14.5. The summed E-state index contributed by atoms with van der Waals surface area (Å²) in [5, 5.41) is 7.15. The number of nitrogens with zero attached hydrogens (tertiary/aromatic N) is 1. The van der Waals surface area contributed by atoms with E-state index >= 15 is 0 Å². The lowest BCUT2D eigenvalue weighted by Crippen LogP contribution is -2.22. The number of nitrogens with one attached hydrogen (secondary N) is 1. The van der Waals surface area contributed by atoms with E-state index in [0.29, 0.717) is 16.3 Å². The van der Waals surface area contributed by atoms with Gasteiger partial charge in [0.25, 0.3) is 5.91 Å². The second-order valence-corrected chi connectivity index (χ2v) is 7.22. The van der Waals surface area contributed by atoms with Crippen molar-refractivity contribution < 1.29 is 18.8 Å². The lowest BCUT2D eigenvalue weighted by molar-refractivity contribution is -0.119. The van der Waals surface area contributed by atoms with Gasteiger partial charge in [0.15, 0.2) is 6.61 Å². The highest BCUT2D eigenvalue weighted by Crippen LogP contribution is 2.31. The zero-order chi connectivity index (χ0) is 21.0. The van der Waals surface area contributed by atoms with Gasteiger partial charge < -0.3 is 14.6 Å². The molecule has 6 nitrogen and oxygen atoms in total. The Morgan fingerprint density at radius 2 is 1.83 bits per heavy atom. The molecule has 0 saturated carbocycles. The average Bonchev–Trinajstić information content (AvgIpc) is 3.08. The Hall–Kier alpha value is -3.12. The number of aryl methyl sites for hydroxylation is 1. The quantitative estimate of drug-likeness (QED) is 0.561. The van der Waals surface area contributed by atoms with Crippen LogP contribution in [0.5, 0.6) is 0 Å². The van der Waals surface area contributed by atoms with Gasteiger partial charge in [-0.2, -0.15) is 0 Å². The molecule has 0 radical (unpaired) electrons. The van der Waals surface area contributed by atoms with E-state index in [9.17, 15) is 9.59 Å². The standard InChI is InChI=1S/C22H21ClN2O4/c1-13(2)15-8-5-7-11-18(15)24-19(26)12-28-22(27)20-14(3)29-25-21(20)16-9-4-6-10-17(16)23/h4-11,13H,12H2,1-3H3,(H,24,26). The molecule has 29 heavy (non-hydrogen) atoms. The van der Waals surface area contributed by atoms with Gasteiger partial charge in [-0.05, 0) is 30.5 Å². The minimum Gasteiger partial charge on any atom is -0.452 e. The maximum Gasteiger partial charge on any atom is 0.344 e. The maximum atomic E-state index is 12.6. The number of ether oxygens (including phenoxy) is 1. The van der Waals surface area contributed by atoms with Crippen LogP contribution in [-0.4, -0.2) is 23.6 Å². The third-order valence-electron chi connectivity index (χ3n) is 4.39. The van der Waals surface area contributed by atoms with Gasteiger partial charge in [-0.3, -0.25) is 4.79 Å². The predicted octanol–water partition coefficient (Wildman–Crippen LogP) is 5.22. The molecule has 0 aliphatic rings. The SMILES string of the molecule is Cc1onc(-c2ccccc2Cl)c1C(=O)OCC(=O)Nc1ccccc1C(C)C. The Morgan fingerprint density at radius 1 is 1.14 bits per heavy atom. The third kappa shape index (κ3) is 4.66. The van der Waals surface area contributed by atoms with Gasteiger partial charge >= 0.3 is 5.97 Å². The van der Waals surface area contributed by atoms with Gasteiger partial charge in [0.2, 0.25) is 0 Å². The van der Waals surface area contributed by atoms with Crippen LogP contribution in [0.1, 0.15) is 41.4 Å². The average molecular weight is 413 g/mol. The summed E-state index contributed by atoms with van der Waals surface area (Å²) in [4.78, 5) is 24.9. The van der Waals surface area contributed by atoms with Crippen LogP contribution in [0.3, 0.4) is 0 Å². The molecular formula is C22H21ClN2O4. The molecule has 2 aromatic carbocycles. The minimum atomic E-state index is -0.703. The van der Waals surface area contributed by atoms with Crippen LogP contribution in [0.15, 0.2) is 53.1 Å². The second-order valence-electron chi connectivity index (χ2n) is 6.81. The van der Waals surface area contributed by atoms with Crippen molar-refractivity contribution >= 4 is 29.2 Å². The van der Waals surface area contributed by atoms with E-state index in [1.165, 1.54) is 0 Å². The molecule has 0 unspecified atom stereocenters. The lowest BCUT2D eigenvalue weighted by Gasteiger charge is -2.13. The van der Waals surface area contributed by atoms with Crippen molar-refractivity contribution in [2.45, 2.75) is 26.7 Å². The first-order valence-electron chi connectivity index (χ1n) is 9.15. The monoisotopic (exact) mass is 412 g/mol. The van der Waals surface area contributed by atoms with E-state index in [2.05, 4.69) is 10.5 Å². The zero-order valence-corrected chi connectivity index (χ0v) is 17.1.